The Morgan fingerprint density at radius 2 is 2.32 bits per heavy atom. The van der Waals surface area contributed by atoms with Gasteiger partial charge < -0.3 is 10.1 Å². The Balaban J connectivity index is 2.10. The van der Waals surface area contributed by atoms with E-state index in [-0.39, 0.29) is 10.8 Å². The van der Waals surface area contributed by atoms with Crippen LogP contribution in [0.15, 0.2) is 23.0 Å². The number of hydrogen-bond donors (Lipinski definition) is 1. The Bertz CT molecular complexity index is 679. The first-order valence-electron chi connectivity index (χ1n) is 6.14. The molecule has 3 rings (SSSR count). The van der Waals surface area contributed by atoms with Gasteiger partial charge in [-0.15, -0.1) is 0 Å². The third-order valence-electron chi connectivity index (χ3n) is 3.42. The average molecular weight is 280 g/mol. The number of rotatable bonds is 3. The van der Waals surface area contributed by atoms with Crippen molar-refractivity contribution in [3.05, 3.63) is 33.8 Å². The highest BCUT2D eigenvalue weighted by atomic mass is 35.5. The van der Waals surface area contributed by atoms with Crippen LogP contribution >= 0.6 is 11.6 Å². The molecular weight excluding hydrogens is 266 g/mol. The van der Waals surface area contributed by atoms with Gasteiger partial charge in [0.15, 0.2) is 0 Å². The van der Waals surface area contributed by atoms with Crippen molar-refractivity contribution in [3.63, 3.8) is 0 Å². The highest BCUT2D eigenvalue weighted by Gasteiger charge is 2.20. The zero-order valence-corrected chi connectivity index (χ0v) is 11.3. The lowest BCUT2D eigenvalue weighted by molar-refractivity contribution is 0.303. The van der Waals surface area contributed by atoms with Crippen molar-refractivity contribution in [3.8, 4) is 5.75 Å². The first kappa shape index (κ1) is 12.4. The van der Waals surface area contributed by atoms with E-state index in [1.807, 2.05) is 0 Å². The van der Waals surface area contributed by atoms with Crippen LogP contribution in [-0.4, -0.2) is 29.8 Å². The summed E-state index contributed by atoms with van der Waals surface area (Å²) in [7, 11) is 1.58. The van der Waals surface area contributed by atoms with Crippen LogP contribution in [0.4, 0.5) is 0 Å². The summed E-state index contributed by atoms with van der Waals surface area (Å²) < 4.78 is 6.67. The van der Waals surface area contributed by atoms with Crippen LogP contribution in [0.3, 0.4) is 0 Å². The summed E-state index contributed by atoms with van der Waals surface area (Å²) in [6.07, 6.45) is 0. The second-order valence-corrected chi connectivity index (χ2v) is 5.04. The van der Waals surface area contributed by atoms with E-state index in [9.17, 15) is 4.79 Å². The van der Waals surface area contributed by atoms with E-state index in [1.54, 1.807) is 29.9 Å². The molecule has 0 atom stereocenters. The lowest BCUT2D eigenvalue weighted by Gasteiger charge is -2.27. The van der Waals surface area contributed by atoms with E-state index in [1.165, 1.54) is 0 Å². The summed E-state index contributed by atoms with van der Waals surface area (Å²) in [5.74, 6) is 1.11. The van der Waals surface area contributed by atoms with Gasteiger partial charge in [-0.2, -0.15) is 0 Å². The Morgan fingerprint density at radius 1 is 1.53 bits per heavy atom. The molecule has 2 heterocycles. The molecule has 1 saturated heterocycles. The van der Waals surface area contributed by atoms with Gasteiger partial charge in [-0.25, -0.2) is 4.98 Å². The fourth-order valence-corrected chi connectivity index (χ4v) is 2.43. The Morgan fingerprint density at radius 3 is 2.95 bits per heavy atom. The second kappa shape index (κ2) is 4.83. The van der Waals surface area contributed by atoms with Gasteiger partial charge in [-0.3, -0.25) is 9.36 Å². The van der Waals surface area contributed by atoms with E-state index in [0.29, 0.717) is 29.1 Å². The van der Waals surface area contributed by atoms with Crippen molar-refractivity contribution < 1.29 is 4.74 Å². The summed E-state index contributed by atoms with van der Waals surface area (Å²) in [5, 5.41) is 3.98. The number of fused-ring (bicyclic) bond motifs is 1. The normalized spacial score (nSPS) is 15.5. The van der Waals surface area contributed by atoms with Gasteiger partial charge in [0, 0.05) is 31.6 Å². The molecule has 0 saturated carbocycles. The van der Waals surface area contributed by atoms with Gasteiger partial charge in [-0.1, -0.05) is 0 Å². The number of ether oxygens (including phenoxy) is 1. The fourth-order valence-electron chi connectivity index (χ4n) is 2.19. The average Bonchev–Trinajstić information content (AvgIpc) is 2.35. The van der Waals surface area contributed by atoms with Gasteiger partial charge in [0.1, 0.15) is 5.75 Å². The SMILES string of the molecule is COc1ccc2c(=O)n(CC3CNC3)c(Cl)nc2c1. The summed E-state index contributed by atoms with van der Waals surface area (Å²) >= 11 is 6.12. The molecule has 0 unspecified atom stereocenters. The van der Waals surface area contributed by atoms with E-state index in [0.717, 1.165) is 13.1 Å². The molecule has 0 aliphatic carbocycles. The molecular formula is C13H14ClN3O2. The maximum Gasteiger partial charge on any atom is 0.262 e. The molecule has 1 aromatic heterocycles. The molecule has 100 valence electrons. The van der Waals surface area contributed by atoms with Crippen LogP contribution in [-0.2, 0) is 6.54 Å². The largest absolute Gasteiger partial charge is 0.497 e. The van der Waals surface area contributed by atoms with Crippen LogP contribution in [0, 0.1) is 5.92 Å². The molecule has 0 bridgehead atoms. The molecule has 19 heavy (non-hydrogen) atoms. The smallest absolute Gasteiger partial charge is 0.262 e. The van der Waals surface area contributed by atoms with Crippen molar-refractivity contribution in [2.45, 2.75) is 6.54 Å². The molecule has 0 radical (unpaired) electrons. The lowest BCUT2D eigenvalue weighted by atomic mass is 10.0. The van der Waals surface area contributed by atoms with Gasteiger partial charge in [0.2, 0.25) is 5.28 Å². The maximum atomic E-state index is 12.4. The molecule has 1 N–H and O–H groups in total. The molecule has 0 spiro atoms. The number of benzene rings is 1. The first-order valence-corrected chi connectivity index (χ1v) is 6.51. The second-order valence-electron chi connectivity index (χ2n) is 4.70. The summed E-state index contributed by atoms with van der Waals surface area (Å²) in [6, 6.07) is 5.21. The molecule has 1 aromatic carbocycles. The van der Waals surface area contributed by atoms with E-state index in [2.05, 4.69) is 10.3 Å². The molecule has 5 nitrogen and oxygen atoms in total. The topological polar surface area (TPSA) is 56.1 Å². The molecule has 1 fully saturated rings. The standard InChI is InChI=1S/C13H14ClN3O2/c1-19-9-2-3-10-11(4-9)16-13(14)17(12(10)18)7-8-5-15-6-8/h2-4,8,15H,5-7H2,1H3. The monoisotopic (exact) mass is 279 g/mol. The molecule has 2 aromatic rings. The Labute approximate surface area is 115 Å². The number of nitrogens with one attached hydrogen (secondary N) is 1. The number of nitrogens with zero attached hydrogens (tertiary/aromatic N) is 2. The minimum absolute atomic E-state index is 0.0930. The summed E-state index contributed by atoms with van der Waals surface area (Å²) in [4.78, 5) is 16.7. The van der Waals surface area contributed by atoms with Crippen LogP contribution in [0.25, 0.3) is 10.9 Å². The van der Waals surface area contributed by atoms with Crippen LogP contribution in [0.5, 0.6) is 5.75 Å². The number of methoxy groups -OCH3 is 1. The fraction of sp³-hybridized carbons (Fsp3) is 0.385. The van der Waals surface area contributed by atoms with Crippen LogP contribution in [0.2, 0.25) is 5.28 Å². The number of halogens is 1. The van der Waals surface area contributed by atoms with Crippen molar-refractivity contribution in [2.24, 2.45) is 5.92 Å². The van der Waals surface area contributed by atoms with E-state index in [4.69, 9.17) is 16.3 Å². The minimum Gasteiger partial charge on any atom is -0.497 e. The zero-order chi connectivity index (χ0) is 13.4. The van der Waals surface area contributed by atoms with Gasteiger partial charge in [0.25, 0.3) is 5.56 Å². The van der Waals surface area contributed by atoms with Crippen LogP contribution < -0.4 is 15.6 Å². The van der Waals surface area contributed by atoms with Gasteiger partial charge >= 0.3 is 0 Å². The quantitative estimate of drug-likeness (QED) is 0.860. The van der Waals surface area contributed by atoms with E-state index >= 15 is 0 Å². The number of hydrogen-bond acceptors (Lipinski definition) is 4. The molecule has 1 aliphatic heterocycles. The third-order valence-corrected chi connectivity index (χ3v) is 3.71. The predicted octanol–water partition coefficient (Wildman–Crippen LogP) is 1.28. The Kier molecular flexibility index (Phi) is 3.16. The highest BCUT2D eigenvalue weighted by molar-refractivity contribution is 6.28. The van der Waals surface area contributed by atoms with Crippen molar-refractivity contribution in [1.82, 2.24) is 14.9 Å². The van der Waals surface area contributed by atoms with E-state index < -0.39 is 0 Å². The highest BCUT2D eigenvalue weighted by Crippen LogP contribution is 2.19. The predicted molar refractivity (Wildman–Crippen MR) is 73.9 cm³/mol. The number of aromatic nitrogens is 2. The van der Waals surface area contributed by atoms with Crippen LogP contribution in [0.1, 0.15) is 0 Å². The van der Waals surface area contributed by atoms with Crippen molar-refractivity contribution >= 4 is 22.5 Å². The summed E-state index contributed by atoms with van der Waals surface area (Å²) in [6.45, 7) is 2.45. The molecule has 6 heteroatoms. The summed E-state index contributed by atoms with van der Waals surface area (Å²) in [5.41, 5.74) is 0.474. The van der Waals surface area contributed by atoms with Gasteiger partial charge in [0.05, 0.1) is 18.0 Å². The Hall–Kier alpha value is -1.59. The zero-order valence-electron chi connectivity index (χ0n) is 10.5. The van der Waals surface area contributed by atoms with Crippen molar-refractivity contribution in [1.29, 1.82) is 0 Å². The molecule has 1 aliphatic rings. The maximum absolute atomic E-state index is 12.4. The first-order chi connectivity index (χ1) is 9.19. The van der Waals surface area contributed by atoms with Gasteiger partial charge in [-0.05, 0) is 23.7 Å². The third kappa shape index (κ3) is 2.19. The minimum atomic E-state index is -0.0930. The lowest BCUT2D eigenvalue weighted by Crippen LogP contribution is -2.45. The van der Waals surface area contributed by atoms with Crippen molar-refractivity contribution in [2.75, 3.05) is 20.2 Å². The molecule has 0 amide bonds.